The summed E-state index contributed by atoms with van der Waals surface area (Å²) in [4.78, 5) is 16.2. The van der Waals surface area contributed by atoms with Gasteiger partial charge in [-0.2, -0.15) is 0 Å². The molecule has 0 unspecified atom stereocenters. The van der Waals surface area contributed by atoms with E-state index in [0.29, 0.717) is 4.88 Å². The van der Waals surface area contributed by atoms with E-state index in [2.05, 4.69) is 9.72 Å². The molecule has 2 rings (SSSR count). The van der Waals surface area contributed by atoms with Crippen LogP contribution in [-0.4, -0.2) is 18.1 Å². The van der Waals surface area contributed by atoms with Crippen molar-refractivity contribution in [1.82, 2.24) is 4.98 Å². The average Bonchev–Trinajstić information content (AvgIpc) is 2.59. The van der Waals surface area contributed by atoms with Crippen LogP contribution in [0, 0.1) is 6.92 Å². The van der Waals surface area contributed by atoms with Crippen molar-refractivity contribution in [2.24, 2.45) is 0 Å². The quantitative estimate of drug-likeness (QED) is 0.674. The number of aromatic nitrogens is 1. The summed E-state index contributed by atoms with van der Waals surface area (Å²) in [6, 6.07) is 3.89. The highest BCUT2D eigenvalue weighted by molar-refractivity contribution is 7.13. The van der Waals surface area contributed by atoms with Crippen molar-refractivity contribution in [3.8, 4) is 0 Å². The first-order valence-corrected chi connectivity index (χ1v) is 5.03. The maximum atomic E-state index is 11.3. The second kappa shape index (κ2) is 3.38. The minimum absolute atomic E-state index is 0.317. The third kappa shape index (κ3) is 1.37. The molecule has 0 amide bonds. The summed E-state index contributed by atoms with van der Waals surface area (Å²) in [7, 11) is 1.38. The van der Waals surface area contributed by atoms with Gasteiger partial charge in [0.1, 0.15) is 4.88 Å². The van der Waals surface area contributed by atoms with E-state index in [0.717, 1.165) is 16.6 Å². The number of rotatable bonds is 1. The molecular weight excluding hydrogens is 198 g/mol. The molecule has 0 saturated heterocycles. The molecule has 0 fully saturated rings. The summed E-state index contributed by atoms with van der Waals surface area (Å²) >= 11 is 1.37. The van der Waals surface area contributed by atoms with E-state index in [4.69, 9.17) is 0 Å². The molecule has 0 atom stereocenters. The van der Waals surface area contributed by atoms with Gasteiger partial charge >= 0.3 is 5.97 Å². The number of hydrogen-bond donors (Lipinski definition) is 0. The van der Waals surface area contributed by atoms with Gasteiger partial charge in [0.15, 0.2) is 0 Å². The molecule has 14 heavy (non-hydrogen) atoms. The Morgan fingerprint density at radius 1 is 1.50 bits per heavy atom. The summed E-state index contributed by atoms with van der Waals surface area (Å²) in [6.07, 6.45) is 0. The fourth-order valence-corrected chi connectivity index (χ4v) is 2.15. The summed E-state index contributed by atoms with van der Waals surface area (Å²) in [5, 5.41) is 2.90. The predicted molar refractivity (Wildman–Crippen MR) is 55.7 cm³/mol. The molecule has 0 spiro atoms. The molecule has 0 N–H and O–H groups in total. The Hall–Kier alpha value is -1.42. The van der Waals surface area contributed by atoms with Crippen LogP contribution < -0.4 is 0 Å². The van der Waals surface area contributed by atoms with Gasteiger partial charge < -0.3 is 4.74 Å². The SMILES string of the molecule is COC(=O)c1scc2ccc(C)nc12. The minimum atomic E-state index is -0.317. The van der Waals surface area contributed by atoms with E-state index in [9.17, 15) is 4.79 Å². The van der Waals surface area contributed by atoms with Crippen LogP contribution in [0.1, 0.15) is 15.4 Å². The first-order valence-electron chi connectivity index (χ1n) is 4.15. The maximum absolute atomic E-state index is 11.3. The zero-order valence-corrected chi connectivity index (χ0v) is 8.72. The number of methoxy groups -OCH3 is 1. The molecule has 3 nitrogen and oxygen atoms in total. The van der Waals surface area contributed by atoms with Gasteiger partial charge in [0.2, 0.25) is 0 Å². The number of hydrogen-bond acceptors (Lipinski definition) is 4. The Morgan fingerprint density at radius 3 is 3.00 bits per heavy atom. The van der Waals surface area contributed by atoms with E-state index in [1.165, 1.54) is 18.4 Å². The van der Waals surface area contributed by atoms with Crippen molar-refractivity contribution >= 4 is 28.2 Å². The van der Waals surface area contributed by atoms with Crippen LogP contribution in [0.5, 0.6) is 0 Å². The lowest BCUT2D eigenvalue weighted by Gasteiger charge is -1.96. The third-order valence-corrected chi connectivity index (χ3v) is 2.92. The second-order valence-electron chi connectivity index (χ2n) is 2.95. The van der Waals surface area contributed by atoms with Gasteiger partial charge in [0.05, 0.1) is 12.6 Å². The number of thiophene rings is 1. The van der Waals surface area contributed by atoms with E-state index in [1.54, 1.807) is 0 Å². The van der Waals surface area contributed by atoms with Crippen LogP contribution in [-0.2, 0) is 4.74 Å². The number of carbonyl (C=O) groups is 1. The number of esters is 1. The van der Waals surface area contributed by atoms with Crippen LogP contribution >= 0.6 is 11.3 Å². The number of fused-ring (bicyclic) bond motifs is 1. The predicted octanol–water partition coefficient (Wildman–Crippen LogP) is 2.39. The first kappa shape index (κ1) is 9.15. The van der Waals surface area contributed by atoms with Crippen LogP contribution in [0.25, 0.3) is 10.9 Å². The van der Waals surface area contributed by atoms with Crippen molar-refractivity contribution in [3.63, 3.8) is 0 Å². The molecule has 2 aromatic rings. The monoisotopic (exact) mass is 207 g/mol. The zero-order valence-electron chi connectivity index (χ0n) is 7.90. The molecular formula is C10H9NO2S. The Bertz CT molecular complexity index is 490. The molecule has 0 bridgehead atoms. The van der Waals surface area contributed by atoms with Gasteiger partial charge in [-0.1, -0.05) is 6.07 Å². The standard InChI is InChI=1S/C10H9NO2S/c1-6-3-4-7-5-14-9(8(7)11-6)10(12)13-2/h3-5H,1-2H3. The normalized spacial score (nSPS) is 10.4. The van der Waals surface area contributed by atoms with Crippen LogP contribution in [0.3, 0.4) is 0 Å². The smallest absolute Gasteiger partial charge is 0.350 e. The molecule has 2 aromatic heterocycles. The van der Waals surface area contributed by atoms with Gasteiger partial charge in [0, 0.05) is 16.5 Å². The van der Waals surface area contributed by atoms with Gasteiger partial charge in [-0.25, -0.2) is 4.79 Å². The maximum Gasteiger partial charge on any atom is 0.350 e. The Kier molecular flexibility index (Phi) is 2.21. The fourth-order valence-electron chi connectivity index (χ4n) is 1.26. The summed E-state index contributed by atoms with van der Waals surface area (Å²) in [5.41, 5.74) is 1.64. The topological polar surface area (TPSA) is 39.2 Å². The van der Waals surface area contributed by atoms with Gasteiger partial charge in [-0.15, -0.1) is 11.3 Å². The highest BCUT2D eigenvalue weighted by Crippen LogP contribution is 2.24. The van der Waals surface area contributed by atoms with Gasteiger partial charge in [0.25, 0.3) is 0 Å². The van der Waals surface area contributed by atoms with E-state index < -0.39 is 0 Å². The van der Waals surface area contributed by atoms with Crippen molar-refractivity contribution in [2.75, 3.05) is 7.11 Å². The van der Waals surface area contributed by atoms with Crippen molar-refractivity contribution in [2.45, 2.75) is 6.92 Å². The van der Waals surface area contributed by atoms with Crippen molar-refractivity contribution in [3.05, 3.63) is 28.1 Å². The Balaban J connectivity index is 2.67. The Morgan fingerprint density at radius 2 is 2.29 bits per heavy atom. The second-order valence-corrected chi connectivity index (χ2v) is 3.83. The summed E-state index contributed by atoms with van der Waals surface area (Å²) in [6.45, 7) is 1.90. The largest absolute Gasteiger partial charge is 0.465 e. The Labute approximate surface area is 85.3 Å². The highest BCUT2D eigenvalue weighted by atomic mass is 32.1. The molecule has 0 radical (unpaired) electrons. The lowest BCUT2D eigenvalue weighted by molar-refractivity contribution is 0.0608. The molecule has 0 saturated carbocycles. The van der Waals surface area contributed by atoms with Crippen LogP contribution in [0.2, 0.25) is 0 Å². The molecule has 72 valence electrons. The fraction of sp³-hybridized carbons (Fsp3) is 0.200. The lowest BCUT2D eigenvalue weighted by atomic mass is 10.2. The number of ether oxygens (including phenoxy) is 1. The van der Waals surface area contributed by atoms with Crippen LogP contribution in [0.4, 0.5) is 0 Å². The van der Waals surface area contributed by atoms with Crippen molar-refractivity contribution < 1.29 is 9.53 Å². The first-order chi connectivity index (χ1) is 6.72. The summed E-state index contributed by atoms with van der Waals surface area (Å²) < 4.78 is 4.67. The number of carbonyl (C=O) groups excluding carboxylic acids is 1. The molecule has 0 aliphatic carbocycles. The molecule has 0 aliphatic rings. The van der Waals surface area contributed by atoms with Gasteiger partial charge in [-0.05, 0) is 13.0 Å². The number of aryl methyl sites for hydroxylation is 1. The number of nitrogens with zero attached hydrogens (tertiary/aromatic N) is 1. The molecule has 4 heteroatoms. The van der Waals surface area contributed by atoms with Crippen molar-refractivity contribution in [1.29, 1.82) is 0 Å². The third-order valence-electron chi connectivity index (χ3n) is 1.96. The minimum Gasteiger partial charge on any atom is -0.465 e. The highest BCUT2D eigenvalue weighted by Gasteiger charge is 2.13. The molecule has 0 aromatic carbocycles. The van der Waals surface area contributed by atoms with E-state index in [1.807, 2.05) is 24.4 Å². The van der Waals surface area contributed by atoms with E-state index in [-0.39, 0.29) is 5.97 Å². The zero-order chi connectivity index (χ0) is 10.1. The number of pyridine rings is 1. The molecule has 0 aliphatic heterocycles. The molecule has 2 heterocycles. The van der Waals surface area contributed by atoms with Gasteiger partial charge in [-0.3, -0.25) is 4.98 Å². The van der Waals surface area contributed by atoms with Crippen LogP contribution in [0.15, 0.2) is 17.5 Å². The average molecular weight is 207 g/mol. The lowest BCUT2D eigenvalue weighted by Crippen LogP contribution is -1.99. The van der Waals surface area contributed by atoms with E-state index >= 15 is 0 Å². The summed E-state index contributed by atoms with van der Waals surface area (Å²) in [5.74, 6) is -0.317.